The lowest BCUT2D eigenvalue weighted by atomic mass is 9.92. The molecule has 6 nitrogen and oxygen atoms in total. The lowest BCUT2D eigenvalue weighted by molar-refractivity contribution is -0.142. The average molecular weight is 436 g/mol. The molecule has 0 aliphatic carbocycles. The third kappa shape index (κ3) is 5.21. The number of esters is 1. The van der Waals surface area contributed by atoms with Crippen molar-refractivity contribution in [1.82, 2.24) is 5.32 Å². The number of anilines is 1. The zero-order valence-corrected chi connectivity index (χ0v) is 17.5. The van der Waals surface area contributed by atoms with Gasteiger partial charge >= 0.3 is 5.97 Å². The Hall–Kier alpha value is -2.28. The van der Waals surface area contributed by atoms with Gasteiger partial charge in [0, 0.05) is 40.7 Å². The summed E-state index contributed by atoms with van der Waals surface area (Å²) in [5, 5.41) is 6.98. The zero-order valence-electron chi connectivity index (χ0n) is 16.0. The van der Waals surface area contributed by atoms with Gasteiger partial charge < -0.3 is 21.1 Å². The quantitative estimate of drug-likeness (QED) is 0.602. The molecule has 0 fully saturated rings. The van der Waals surface area contributed by atoms with Crippen molar-refractivity contribution in [3.8, 4) is 0 Å². The Morgan fingerprint density at radius 3 is 2.55 bits per heavy atom. The molecular formula is C21H23Cl2N3O3. The lowest BCUT2D eigenvalue weighted by Gasteiger charge is -2.33. The van der Waals surface area contributed by atoms with Crippen molar-refractivity contribution < 1.29 is 14.3 Å². The second-order valence-electron chi connectivity index (χ2n) is 6.95. The molecule has 29 heavy (non-hydrogen) atoms. The van der Waals surface area contributed by atoms with Crippen LogP contribution in [-0.4, -0.2) is 25.0 Å². The first-order valence-electron chi connectivity index (χ1n) is 9.31. The molecule has 1 aliphatic heterocycles. The van der Waals surface area contributed by atoms with Gasteiger partial charge in [-0.25, -0.2) is 4.79 Å². The van der Waals surface area contributed by atoms with Crippen LogP contribution in [0.5, 0.6) is 0 Å². The molecule has 4 N–H and O–H groups in total. The second kappa shape index (κ2) is 9.48. The molecule has 2 aromatic rings. The topological polar surface area (TPSA) is 93.5 Å². The first-order chi connectivity index (χ1) is 13.9. The van der Waals surface area contributed by atoms with Crippen molar-refractivity contribution in [2.45, 2.75) is 37.9 Å². The van der Waals surface area contributed by atoms with Gasteiger partial charge in [0.15, 0.2) is 0 Å². The highest BCUT2D eigenvalue weighted by molar-refractivity contribution is 6.35. The zero-order chi connectivity index (χ0) is 21.0. The van der Waals surface area contributed by atoms with Gasteiger partial charge in [-0.15, -0.1) is 0 Å². The summed E-state index contributed by atoms with van der Waals surface area (Å²) in [5.41, 5.74) is 9.05. The predicted molar refractivity (Wildman–Crippen MR) is 114 cm³/mol. The number of ether oxygens (including phenoxy) is 1. The van der Waals surface area contributed by atoms with Crippen molar-refractivity contribution in [1.29, 1.82) is 0 Å². The highest BCUT2D eigenvalue weighted by Gasteiger charge is 2.34. The van der Waals surface area contributed by atoms with E-state index in [1.807, 2.05) is 24.3 Å². The van der Waals surface area contributed by atoms with Crippen molar-refractivity contribution in [2.24, 2.45) is 5.73 Å². The molecule has 154 valence electrons. The second-order valence-corrected chi connectivity index (χ2v) is 7.79. The van der Waals surface area contributed by atoms with E-state index in [1.165, 1.54) is 7.11 Å². The highest BCUT2D eigenvalue weighted by Crippen LogP contribution is 2.40. The van der Waals surface area contributed by atoms with Crippen molar-refractivity contribution in [3.63, 3.8) is 0 Å². The number of rotatable bonds is 6. The van der Waals surface area contributed by atoms with Gasteiger partial charge in [-0.3, -0.25) is 4.79 Å². The molecule has 2 aromatic carbocycles. The van der Waals surface area contributed by atoms with Crippen LogP contribution < -0.4 is 16.4 Å². The maximum absolute atomic E-state index is 12.6. The summed E-state index contributed by atoms with van der Waals surface area (Å²) in [5.74, 6) is -0.536. The van der Waals surface area contributed by atoms with Crippen LogP contribution in [0, 0.1) is 0 Å². The van der Waals surface area contributed by atoms with Crippen LogP contribution in [0.1, 0.15) is 35.6 Å². The fourth-order valence-electron chi connectivity index (χ4n) is 3.45. The fourth-order valence-corrected chi connectivity index (χ4v) is 4.08. The number of nitrogens with two attached hydrogens (primary N) is 1. The highest BCUT2D eigenvalue weighted by atomic mass is 35.5. The van der Waals surface area contributed by atoms with Crippen molar-refractivity contribution in [3.05, 3.63) is 63.1 Å². The molecule has 3 rings (SSSR count). The Morgan fingerprint density at radius 1 is 1.21 bits per heavy atom. The molecule has 1 heterocycles. The van der Waals surface area contributed by atoms with Gasteiger partial charge in [-0.2, -0.15) is 0 Å². The fraction of sp³-hybridized carbons (Fsp3) is 0.333. The van der Waals surface area contributed by atoms with E-state index in [1.54, 1.807) is 12.1 Å². The van der Waals surface area contributed by atoms with Gasteiger partial charge in [0.1, 0.15) is 6.04 Å². The first kappa shape index (κ1) is 21.4. The number of amides is 1. The van der Waals surface area contributed by atoms with Crippen LogP contribution >= 0.6 is 23.2 Å². The predicted octanol–water partition coefficient (Wildman–Crippen LogP) is 3.60. The van der Waals surface area contributed by atoms with E-state index in [2.05, 4.69) is 10.6 Å². The summed E-state index contributed by atoms with van der Waals surface area (Å²) in [6.45, 7) is 0.488. The Labute approximate surface area is 179 Å². The Balaban J connectivity index is 1.72. The molecule has 1 aliphatic rings. The summed E-state index contributed by atoms with van der Waals surface area (Å²) in [4.78, 5) is 24.7. The van der Waals surface area contributed by atoms with E-state index in [-0.39, 0.29) is 5.91 Å². The molecular weight excluding hydrogens is 413 g/mol. The smallest absolute Gasteiger partial charge is 0.328 e. The number of benzene rings is 2. The number of carbonyl (C=O) groups excluding carboxylic acids is 2. The molecule has 0 radical (unpaired) electrons. The van der Waals surface area contributed by atoms with Crippen LogP contribution in [-0.2, 0) is 27.3 Å². The normalized spacial score (nSPS) is 17.8. The van der Waals surface area contributed by atoms with Gasteiger partial charge in [0.25, 0.3) is 0 Å². The van der Waals surface area contributed by atoms with E-state index < -0.39 is 18.1 Å². The third-order valence-corrected chi connectivity index (χ3v) is 5.50. The maximum atomic E-state index is 12.6. The molecule has 8 heteroatoms. The molecule has 0 saturated carbocycles. The summed E-state index contributed by atoms with van der Waals surface area (Å²) in [6.07, 6.45) is 1.25. The number of carbonyl (C=O) groups is 2. The van der Waals surface area contributed by atoms with E-state index in [0.717, 1.165) is 16.7 Å². The van der Waals surface area contributed by atoms with Crippen LogP contribution in [0.15, 0.2) is 36.4 Å². The number of hydrogen-bond donors (Lipinski definition) is 3. The van der Waals surface area contributed by atoms with Crippen LogP contribution in [0.2, 0.25) is 10.0 Å². The largest absolute Gasteiger partial charge is 0.467 e. The average Bonchev–Trinajstić information content (AvgIpc) is 2.71. The number of fused-ring (bicyclic) bond motifs is 1. The minimum absolute atomic E-state index is 0.125. The standard InChI is InChI=1S/C21H23Cl2N3O3/c1-29-21(28)18-10-17(20-15(23)8-14(22)9-16(20)25-18)26-19(27)7-6-12-2-4-13(11-24)5-3-12/h2-5,8-9,17-18,25H,6-7,10-11,24H2,1H3,(H,26,27)/t17-,18+/m0/s1. The number of hydrogen-bond acceptors (Lipinski definition) is 5. The third-order valence-electron chi connectivity index (χ3n) is 4.96. The molecule has 0 saturated heterocycles. The molecule has 0 aromatic heterocycles. The Morgan fingerprint density at radius 2 is 1.90 bits per heavy atom. The first-order valence-corrected chi connectivity index (χ1v) is 10.1. The van der Waals surface area contributed by atoms with Crippen LogP contribution in [0.25, 0.3) is 0 Å². The van der Waals surface area contributed by atoms with E-state index in [4.69, 9.17) is 33.7 Å². The van der Waals surface area contributed by atoms with Crippen LogP contribution in [0.3, 0.4) is 0 Å². The van der Waals surface area contributed by atoms with Gasteiger partial charge in [-0.1, -0.05) is 47.5 Å². The number of methoxy groups -OCH3 is 1. The summed E-state index contributed by atoms with van der Waals surface area (Å²) in [7, 11) is 1.33. The molecule has 1 amide bonds. The minimum atomic E-state index is -0.601. The summed E-state index contributed by atoms with van der Waals surface area (Å²) < 4.78 is 4.85. The lowest BCUT2D eigenvalue weighted by Crippen LogP contribution is -2.41. The Bertz CT molecular complexity index is 903. The van der Waals surface area contributed by atoms with E-state index in [9.17, 15) is 9.59 Å². The van der Waals surface area contributed by atoms with E-state index >= 15 is 0 Å². The molecule has 0 spiro atoms. The number of nitrogens with one attached hydrogen (secondary N) is 2. The number of aryl methyl sites for hydroxylation is 1. The maximum Gasteiger partial charge on any atom is 0.328 e. The number of halogens is 2. The molecule has 0 bridgehead atoms. The van der Waals surface area contributed by atoms with Crippen LogP contribution in [0.4, 0.5) is 5.69 Å². The monoisotopic (exact) mass is 435 g/mol. The van der Waals surface area contributed by atoms with Crippen molar-refractivity contribution in [2.75, 3.05) is 12.4 Å². The van der Waals surface area contributed by atoms with Gasteiger partial charge in [0.2, 0.25) is 5.91 Å². The summed E-state index contributed by atoms with van der Waals surface area (Å²) in [6, 6.07) is 10.2. The molecule has 0 unspecified atom stereocenters. The molecule has 2 atom stereocenters. The van der Waals surface area contributed by atoms with E-state index in [0.29, 0.717) is 41.5 Å². The summed E-state index contributed by atoms with van der Waals surface area (Å²) >= 11 is 12.5. The minimum Gasteiger partial charge on any atom is -0.467 e. The van der Waals surface area contributed by atoms with Gasteiger partial charge in [-0.05, 0) is 29.7 Å². The van der Waals surface area contributed by atoms with Crippen molar-refractivity contribution >= 4 is 40.8 Å². The SMILES string of the molecule is COC(=O)[C@H]1C[C@H](NC(=O)CCc2ccc(CN)cc2)c2c(Cl)cc(Cl)cc2N1. The Kier molecular flexibility index (Phi) is 7.00. The van der Waals surface area contributed by atoms with Gasteiger partial charge in [0.05, 0.1) is 13.2 Å².